The van der Waals surface area contributed by atoms with Crippen LogP contribution in [0.3, 0.4) is 0 Å². The standard InChI is InChI=1S/C12H23NO/c1-4-10-5-7-11(8-6-10)13-12(14)9(2)3/h9-11H,4-8H2,1-3H3,(H,13,14)/t10-,11+. The van der Waals surface area contributed by atoms with Gasteiger partial charge in [-0.15, -0.1) is 0 Å². The molecule has 2 nitrogen and oxygen atoms in total. The van der Waals surface area contributed by atoms with Gasteiger partial charge in [0.1, 0.15) is 0 Å². The third kappa shape index (κ3) is 3.32. The molecular weight excluding hydrogens is 174 g/mol. The molecule has 0 bridgehead atoms. The molecule has 0 radical (unpaired) electrons. The van der Waals surface area contributed by atoms with E-state index in [9.17, 15) is 4.79 Å². The number of hydrogen-bond donors (Lipinski definition) is 1. The van der Waals surface area contributed by atoms with Gasteiger partial charge in [0.15, 0.2) is 0 Å². The van der Waals surface area contributed by atoms with E-state index in [1.165, 1.54) is 32.1 Å². The van der Waals surface area contributed by atoms with Crippen molar-refractivity contribution in [2.45, 2.75) is 58.9 Å². The van der Waals surface area contributed by atoms with Crippen molar-refractivity contribution in [1.82, 2.24) is 5.32 Å². The van der Waals surface area contributed by atoms with Crippen molar-refractivity contribution in [3.05, 3.63) is 0 Å². The van der Waals surface area contributed by atoms with E-state index in [4.69, 9.17) is 0 Å². The Morgan fingerprint density at radius 2 is 1.86 bits per heavy atom. The minimum atomic E-state index is 0.124. The lowest BCUT2D eigenvalue weighted by Gasteiger charge is -2.28. The summed E-state index contributed by atoms with van der Waals surface area (Å²) in [6, 6.07) is 0.452. The van der Waals surface area contributed by atoms with E-state index in [-0.39, 0.29) is 11.8 Å². The van der Waals surface area contributed by atoms with Crippen LogP contribution in [0.2, 0.25) is 0 Å². The number of carbonyl (C=O) groups is 1. The fourth-order valence-corrected chi connectivity index (χ4v) is 2.08. The van der Waals surface area contributed by atoms with E-state index in [0.29, 0.717) is 6.04 Å². The molecule has 1 amide bonds. The predicted molar refractivity (Wildman–Crippen MR) is 59.0 cm³/mol. The molecule has 0 aromatic rings. The summed E-state index contributed by atoms with van der Waals surface area (Å²) in [7, 11) is 0. The monoisotopic (exact) mass is 197 g/mol. The van der Waals surface area contributed by atoms with Crippen LogP contribution in [0.5, 0.6) is 0 Å². The highest BCUT2D eigenvalue weighted by Gasteiger charge is 2.21. The molecule has 1 rings (SSSR count). The summed E-state index contributed by atoms with van der Waals surface area (Å²) in [5, 5.41) is 3.12. The molecule has 1 aliphatic rings. The van der Waals surface area contributed by atoms with Gasteiger partial charge in [-0.1, -0.05) is 27.2 Å². The average molecular weight is 197 g/mol. The van der Waals surface area contributed by atoms with Gasteiger partial charge in [-0.05, 0) is 31.6 Å². The normalized spacial score (nSPS) is 27.7. The van der Waals surface area contributed by atoms with Gasteiger partial charge >= 0.3 is 0 Å². The summed E-state index contributed by atoms with van der Waals surface area (Å²) in [5.74, 6) is 1.24. The molecule has 1 aliphatic carbocycles. The Morgan fingerprint density at radius 1 is 1.29 bits per heavy atom. The number of amides is 1. The number of rotatable bonds is 3. The second-order valence-corrected chi connectivity index (χ2v) is 4.79. The summed E-state index contributed by atoms with van der Waals surface area (Å²) in [4.78, 5) is 11.5. The maximum Gasteiger partial charge on any atom is 0.222 e. The van der Waals surface area contributed by atoms with E-state index in [2.05, 4.69) is 12.2 Å². The summed E-state index contributed by atoms with van der Waals surface area (Å²) in [6.45, 7) is 6.16. The SMILES string of the molecule is CC[C@H]1CC[C@@H](NC(=O)C(C)C)CC1. The van der Waals surface area contributed by atoms with Crippen LogP contribution in [0.1, 0.15) is 52.9 Å². The molecule has 0 saturated heterocycles. The largest absolute Gasteiger partial charge is 0.353 e. The molecule has 1 fully saturated rings. The van der Waals surface area contributed by atoms with Crippen molar-refractivity contribution < 1.29 is 4.79 Å². The van der Waals surface area contributed by atoms with E-state index < -0.39 is 0 Å². The minimum Gasteiger partial charge on any atom is -0.353 e. The fourth-order valence-electron chi connectivity index (χ4n) is 2.08. The van der Waals surface area contributed by atoms with Crippen LogP contribution in [0.25, 0.3) is 0 Å². The Labute approximate surface area is 87.5 Å². The van der Waals surface area contributed by atoms with Gasteiger partial charge in [-0.3, -0.25) is 4.79 Å². The first kappa shape index (κ1) is 11.5. The zero-order valence-corrected chi connectivity index (χ0v) is 9.68. The lowest BCUT2D eigenvalue weighted by atomic mass is 9.84. The minimum absolute atomic E-state index is 0.124. The van der Waals surface area contributed by atoms with Gasteiger partial charge in [0.25, 0.3) is 0 Å². The zero-order chi connectivity index (χ0) is 10.6. The predicted octanol–water partition coefficient (Wildman–Crippen LogP) is 2.73. The third-order valence-corrected chi connectivity index (χ3v) is 3.29. The highest BCUT2D eigenvalue weighted by atomic mass is 16.1. The van der Waals surface area contributed by atoms with Crippen molar-refractivity contribution in [2.24, 2.45) is 11.8 Å². The molecule has 0 aromatic heterocycles. The van der Waals surface area contributed by atoms with E-state index >= 15 is 0 Å². The molecule has 0 heterocycles. The van der Waals surface area contributed by atoms with Gasteiger partial charge in [-0.2, -0.15) is 0 Å². The molecule has 0 atom stereocenters. The van der Waals surface area contributed by atoms with Gasteiger partial charge in [0, 0.05) is 12.0 Å². The average Bonchev–Trinajstić information content (AvgIpc) is 2.19. The van der Waals surface area contributed by atoms with Crippen LogP contribution in [-0.2, 0) is 4.79 Å². The number of nitrogens with one attached hydrogen (secondary N) is 1. The molecule has 2 heteroatoms. The van der Waals surface area contributed by atoms with Crippen molar-refractivity contribution in [3.63, 3.8) is 0 Å². The molecule has 1 saturated carbocycles. The fraction of sp³-hybridized carbons (Fsp3) is 0.917. The van der Waals surface area contributed by atoms with Gasteiger partial charge in [0.2, 0.25) is 5.91 Å². The maximum atomic E-state index is 11.5. The van der Waals surface area contributed by atoms with Crippen LogP contribution in [0.15, 0.2) is 0 Å². The maximum absolute atomic E-state index is 11.5. The quantitative estimate of drug-likeness (QED) is 0.740. The van der Waals surface area contributed by atoms with Crippen LogP contribution in [0.4, 0.5) is 0 Å². The molecule has 0 spiro atoms. The first-order chi connectivity index (χ1) is 6.63. The Hall–Kier alpha value is -0.530. The van der Waals surface area contributed by atoms with Gasteiger partial charge in [0.05, 0.1) is 0 Å². The topological polar surface area (TPSA) is 29.1 Å². The lowest BCUT2D eigenvalue weighted by molar-refractivity contribution is -0.125. The van der Waals surface area contributed by atoms with Crippen LogP contribution in [0, 0.1) is 11.8 Å². The summed E-state index contributed by atoms with van der Waals surface area (Å²) in [5.41, 5.74) is 0. The molecule has 0 aliphatic heterocycles. The Morgan fingerprint density at radius 3 is 2.29 bits per heavy atom. The van der Waals surface area contributed by atoms with Crippen molar-refractivity contribution >= 4 is 5.91 Å². The summed E-state index contributed by atoms with van der Waals surface area (Å²) in [6.07, 6.45) is 6.23. The molecular formula is C12H23NO. The first-order valence-corrected chi connectivity index (χ1v) is 5.93. The third-order valence-electron chi connectivity index (χ3n) is 3.29. The van der Waals surface area contributed by atoms with Crippen molar-refractivity contribution in [1.29, 1.82) is 0 Å². The van der Waals surface area contributed by atoms with Crippen molar-refractivity contribution in [2.75, 3.05) is 0 Å². The Kier molecular flexibility index (Phi) is 4.43. The van der Waals surface area contributed by atoms with Gasteiger partial charge in [-0.25, -0.2) is 0 Å². The van der Waals surface area contributed by atoms with Crippen LogP contribution < -0.4 is 5.32 Å². The second-order valence-electron chi connectivity index (χ2n) is 4.79. The van der Waals surface area contributed by atoms with Gasteiger partial charge < -0.3 is 5.32 Å². The van der Waals surface area contributed by atoms with E-state index in [1.807, 2.05) is 13.8 Å². The molecule has 0 aromatic carbocycles. The van der Waals surface area contributed by atoms with Crippen LogP contribution >= 0.6 is 0 Å². The highest BCUT2D eigenvalue weighted by Crippen LogP contribution is 2.26. The summed E-state index contributed by atoms with van der Waals surface area (Å²) < 4.78 is 0. The summed E-state index contributed by atoms with van der Waals surface area (Å²) >= 11 is 0. The first-order valence-electron chi connectivity index (χ1n) is 5.93. The number of carbonyl (C=O) groups excluding carboxylic acids is 1. The molecule has 82 valence electrons. The zero-order valence-electron chi connectivity index (χ0n) is 9.68. The van der Waals surface area contributed by atoms with E-state index in [1.54, 1.807) is 0 Å². The smallest absolute Gasteiger partial charge is 0.222 e. The Bertz CT molecular complexity index is 181. The van der Waals surface area contributed by atoms with E-state index in [0.717, 1.165) is 5.92 Å². The van der Waals surface area contributed by atoms with Crippen LogP contribution in [-0.4, -0.2) is 11.9 Å². The highest BCUT2D eigenvalue weighted by molar-refractivity contribution is 5.78. The molecule has 14 heavy (non-hydrogen) atoms. The van der Waals surface area contributed by atoms with Crippen molar-refractivity contribution in [3.8, 4) is 0 Å². The second kappa shape index (κ2) is 5.38. The molecule has 0 unspecified atom stereocenters. The molecule has 1 N–H and O–H groups in total. The lowest BCUT2D eigenvalue weighted by Crippen LogP contribution is -2.39. The Balaban J connectivity index is 2.25. The number of hydrogen-bond acceptors (Lipinski definition) is 1.